The molecule has 0 atom stereocenters. The summed E-state index contributed by atoms with van der Waals surface area (Å²) in [6.07, 6.45) is 0. The topological polar surface area (TPSA) is 40.2 Å². The highest BCUT2D eigenvalue weighted by atomic mass is 16.5. The molecule has 1 aliphatic heterocycles. The standard InChI is InChI=1S/C41H25BN2O2/c1-3-14-28(15-4-1)42-33-22-26-12-7-8-13-27(26)23-38(33)45-39-24-32-30-18-11-19-31(40(30)46-37(32)25-34(39)42)41-43-35-20-9-10-21-36(35)44(41)29-16-5-2-6-17-29/h1-25H. The normalized spacial score (nSPS) is 12.5. The van der Waals surface area contributed by atoms with Crippen LogP contribution in [0.5, 0.6) is 11.5 Å². The zero-order valence-electron chi connectivity index (χ0n) is 24.7. The molecule has 0 amide bonds. The second-order valence-electron chi connectivity index (χ2n) is 11.9. The molecule has 2 aromatic heterocycles. The fraction of sp³-hybridized carbons (Fsp3) is 0. The quantitative estimate of drug-likeness (QED) is 0.195. The number of fused-ring (bicyclic) bond motifs is 7. The van der Waals surface area contributed by atoms with Gasteiger partial charge >= 0.3 is 0 Å². The van der Waals surface area contributed by atoms with Gasteiger partial charge in [-0.3, -0.25) is 4.57 Å². The van der Waals surface area contributed by atoms with Gasteiger partial charge < -0.3 is 9.15 Å². The summed E-state index contributed by atoms with van der Waals surface area (Å²) in [7, 11) is 0. The van der Waals surface area contributed by atoms with E-state index in [0.29, 0.717) is 0 Å². The molecular formula is C41H25BN2O2. The van der Waals surface area contributed by atoms with E-state index < -0.39 is 0 Å². The molecule has 0 unspecified atom stereocenters. The van der Waals surface area contributed by atoms with Crippen LogP contribution in [0, 0.1) is 0 Å². The van der Waals surface area contributed by atoms with E-state index in [-0.39, 0.29) is 6.71 Å². The highest BCUT2D eigenvalue weighted by Gasteiger charge is 2.34. The molecule has 10 rings (SSSR count). The van der Waals surface area contributed by atoms with Crippen molar-refractivity contribution in [2.45, 2.75) is 0 Å². The van der Waals surface area contributed by atoms with Crippen molar-refractivity contribution in [1.82, 2.24) is 9.55 Å². The summed E-state index contributed by atoms with van der Waals surface area (Å²) >= 11 is 0. The summed E-state index contributed by atoms with van der Waals surface area (Å²) < 4.78 is 15.8. The van der Waals surface area contributed by atoms with E-state index >= 15 is 0 Å². The van der Waals surface area contributed by atoms with E-state index in [0.717, 1.165) is 77.9 Å². The smallest absolute Gasteiger partial charge is 0.251 e. The zero-order chi connectivity index (χ0) is 30.2. The van der Waals surface area contributed by atoms with Crippen LogP contribution in [0.15, 0.2) is 156 Å². The van der Waals surface area contributed by atoms with Crippen LogP contribution < -0.4 is 21.1 Å². The number of hydrogen-bond donors (Lipinski definition) is 0. The number of benzene rings is 7. The number of aromatic nitrogens is 2. The van der Waals surface area contributed by atoms with Gasteiger partial charge in [0.25, 0.3) is 6.71 Å². The third-order valence-corrected chi connectivity index (χ3v) is 9.30. The Morgan fingerprint density at radius 3 is 2.11 bits per heavy atom. The maximum atomic E-state index is 6.82. The van der Waals surface area contributed by atoms with Gasteiger partial charge in [0.15, 0.2) is 0 Å². The van der Waals surface area contributed by atoms with Crippen molar-refractivity contribution in [1.29, 1.82) is 0 Å². The number of furan rings is 1. The maximum Gasteiger partial charge on any atom is 0.251 e. The van der Waals surface area contributed by atoms with Gasteiger partial charge in [-0.25, -0.2) is 4.98 Å². The van der Waals surface area contributed by atoms with Gasteiger partial charge in [0, 0.05) is 16.5 Å². The van der Waals surface area contributed by atoms with Gasteiger partial charge in [0.05, 0.1) is 16.6 Å². The van der Waals surface area contributed by atoms with Crippen molar-refractivity contribution in [2.75, 3.05) is 0 Å². The first-order valence-corrected chi connectivity index (χ1v) is 15.6. The Hall–Kier alpha value is -6.07. The molecule has 0 radical (unpaired) electrons. The summed E-state index contributed by atoms with van der Waals surface area (Å²) in [5.41, 5.74) is 9.11. The average Bonchev–Trinajstić information content (AvgIpc) is 3.68. The first-order chi connectivity index (χ1) is 22.8. The van der Waals surface area contributed by atoms with Crippen molar-refractivity contribution >= 4 is 66.8 Å². The Morgan fingerprint density at radius 2 is 1.26 bits per heavy atom. The molecule has 3 heterocycles. The summed E-state index contributed by atoms with van der Waals surface area (Å²) in [4.78, 5) is 5.14. The van der Waals surface area contributed by atoms with E-state index in [2.05, 4.69) is 144 Å². The van der Waals surface area contributed by atoms with Crippen LogP contribution in [-0.2, 0) is 0 Å². The molecular weight excluding hydrogens is 563 g/mol. The second-order valence-corrected chi connectivity index (χ2v) is 11.9. The van der Waals surface area contributed by atoms with E-state index in [4.69, 9.17) is 14.1 Å². The molecule has 7 aromatic carbocycles. The van der Waals surface area contributed by atoms with Gasteiger partial charge in [0.1, 0.15) is 28.5 Å². The molecule has 1 aliphatic rings. The molecule has 9 aromatic rings. The van der Waals surface area contributed by atoms with E-state index in [1.165, 1.54) is 10.8 Å². The Morgan fingerprint density at radius 1 is 0.565 bits per heavy atom. The minimum absolute atomic E-state index is 0.00363. The van der Waals surface area contributed by atoms with Gasteiger partial charge in [-0.1, -0.05) is 109 Å². The molecule has 5 heteroatoms. The predicted octanol–water partition coefficient (Wildman–Crippen LogP) is 8.37. The lowest BCUT2D eigenvalue weighted by molar-refractivity contribution is 0.488. The van der Waals surface area contributed by atoms with Crippen LogP contribution >= 0.6 is 0 Å². The molecule has 214 valence electrons. The van der Waals surface area contributed by atoms with Crippen molar-refractivity contribution in [3.05, 3.63) is 152 Å². The molecule has 0 spiro atoms. The summed E-state index contributed by atoms with van der Waals surface area (Å²) in [6, 6.07) is 53.0. The van der Waals surface area contributed by atoms with Gasteiger partial charge in [-0.2, -0.15) is 0 Å². The molecule has 4 nitrogen and oxygen atoms in total. The third-order valence-electron chi connectivity index (χ3n) is 9.30. The van der Waals surface area contributed by atoms with E-state index in [1.807, 2.05) is 12.1 Å². The molecule has 0 bridgehead atoms. The lowest BCUT2D eigenvalue weighted by Crippen LogP contribution is -2.54. The van der Waals surface area contributed by atoms with Crippen LogP contribution in [-0.4, -0.2) is 16.3 Å². The van der Waals surface area contributed by atoms with Gasteiger partial charge in [-0.05, 0) is 70.2 Å². The largest absolute Gasteiger partial charge is 0.458 e. The first-order valence-electron chi connectivity index (χ1n) is 15.6. The number of imidazole rings is 1. The minimum atomic E-state index is 0.00363. The highest BCUT2D eigenvalue weighted by molar-refractivity contribution is 6.97. The Labute approximate surface area is 265 Å². The fourth-order valence-electron chi connectivity index (χ4n) is 7.22. The van der Waals surface area contributed by atoms with Crippen LogP contribution in [0.25, 0.3) is 60.8 Å². The Bertz CT molecular complexity index is 2620. The molecule has 0 saturated heterocycles. The van der Waals surface area contributed by atoms with E-state index in [9.17, 15) is 0 Å². The number of para-hydroxylation sites is 4. The van der Waals surface area contributed by atoms with E-state index in [1.54, 1.807) is 0 Å². The van der Waals surface area contributed by atoms with Gasteiger partial charge in [-0.15, -0.1) is 0 Å². The van der Waals surface area contributed by atoms with Crippen LogP contribution in [0.3, 0.4) is 0 Å². The van der Waals surface area contributed by atoms with Crippen molar-refractivity contribution in [3.63, 3.8) is 0 Å². The van der Waals surface area contributed by atoms with Gasteiger partial charge in [0.2, 0.25) is 0 Å². The Balaban J connectivity index is 1.22. The van der Waals surface area contributed by atoms with Crippen LogP contribution in [0.1, 0.15) is 0 Å². The first kappa shape index (κ1) is 25.3. The van der Waals surface area contributed by atoms with Crippen LogP contribution in [0.2, 0.25) is 0 Å². The molecule has 46 heavy (non-hydrogen) atoms. The summed E-state index contributed by atoms with van der Waals surface area (Å²) in [6.45, 7) is 0.00363. The zero-order valence-corrected chi connectivity index (χ0v) is 24.7. The van der Waals surface area contributed by atoms with Crippen molar-refractivity contribution in [3.8, 4) is 28.6 Å². The average molecular weight is 588 g/mol. The number of ether oxygens (including phenoxy) is 1. The number of rotatable bonds is 3. The molecule has 0 N–H and O–H groups in total. The minimum Gasteiger partial charge on any atom is -0.458 e. The lowest BCUT2D eigenvalue weighted by atomic mass is 9.35. The summed E-state index contributed by atoms with van der Waals surface area (Å²) in [5, 5.41) is 4.42. The van der Waals surface area contributed by atoms with Crippen LogP contribution in [0.4, 0.5) is 0 Å². The SMILES string of the molecule is c1ccc(B2c3cc4ccccc4cc3Oc3cc4c(cc32)oc2c(-c3nc5ccccc5n3-c3ccccc3)cccc24)cc1. The summed E-state index contributed by atoms with van der Waals surface area (Å²) in [5.74, 6) is 2.59. The highest BCUT2D eigenvalue weighted by Crippen LogP contribution is 2.40. The number of nitrogens with zero attached hydrogens (tertiary/aromatic N) is 2. The lowest BCUT2D eigenvalue weighted by Gasteiger charge is -2.27. The third kappa shape index (κ3) is 3.72. The molecule has 0 saturated carbocycles. The molecule has 0 fully saturated rings. The maximum absolute atomic E-state index is 6.82. The molecule has 0 aliphatic carbocycles. The Kier molecular flexibility index (Phi) is 5.34. The fourth-order valence-corrected chi connectivity index (χ4v) is 7.22. The monoisotopic (exact) mass is 588 g/mol. The number of hydrogen-bond acceptors (Lipinski definition) is 3. The van der Waals surface area contributed by atoms with Crippen molar-refractivity contribution < 1.29 is 9.15 Å². The van der Waals surface area contributed by atoms with Crippen molar-refractivity contribution in [2.24, 2.45) is 0 Å². The second kappa shape index (κ2) is 9.72. The predicted molar refractivity (Wildman–Crippen MR) is 189 cm³/mol.